The first-order valence-electron chi connectivity index (χ1n) is 11.1. The van der Waals surface area contributed by atoms with Crippen LogP contribution in [0, 0.1) is 0 Å². The number of hydrogen-bond donors (Lipinski definition) is 1. The third-order valence-electron chi connectivity index (χ3n) is 5.75. The fourth-order valence-electron chi connectivity index (χ4n) is 4.08. The highest BCUT2D eigenvalue weighted by Crippen LogP contribution is 2.37. The largest absolute Gasteiger partial charge is 0.504 e. The van der Waals surface area contributed by atoms with Gasteiger partial charge in [0.2, 0.25) is 0 Å². The molecule has 1 aliphatic rings. The number of phenolic OH excluding ortho intramolecular Hbond substituents is 1. The van der Waals surface area contributed by atoms with Gasteiger partial charge in [-0.15, -0.1) is 0 Å². The summed E-state index contributed by atoms with van der Waals surface area (Å²) < 4.78 is 23.2. The van der Waals surface area contributed by atoms with Gasteiger partial charge >= 0.3 is 5.97 Å². The van der Waals surface area contributed by atoms with Crippen LogP contribution in [0.5, 0.6) is 23.0 Å². The lowest BCUT2D eigenvalue weighted by molar-refractivity contribution is -0.139. The average molecular weight is 511 g/mol. The van der Waals surface area contributed by atoms with Crippen molar-refractivity contribution in [1.29, 1.82) is 0 Å². The number of thiazole rings is 1. The van der Waals surface area contributed by atoms with Crippen LogP contribution in [0.1, 0.15) is 31.0 Å². The van der Waals surface area contributed by atoms with Gasteiger partial charge in [0.25, 0.3) is 5.56 Å². The number of aromatic hydroxyl groups is 1. The van der Waals surface area contributed by atoms with E-state index in [9.17, 15) is 14.7 Å². The van der Waals surface area contributed by atoms with Crippen molar-refractivity contribution in [2.45, 2.75) is 19.9 Å². The Morgan fingerprint density at radius 3 is 2.50 bits per heavy atom. The van der Waals surface area contributed by atoms with Crippen LogP contribution in [-0.2, 0) is 9.53 Å². The van der Waals surface area contributed by atoms with Crippen LogP contribution in [0.25, 0.3) is 6.08 Å². The van der Waals surface area contributed by atoms with Gasteiger partial charge in [-0.3, -0.25) is 9.36 Å². The molecule has 10 heteroatoms. The summed E-state index contributed by atoms with van der Waals surface area (Å²) in [6, 6.07) is 9.24. The standard InChI is InChI=1S/C26H26N2O7S/c1-6-35-25(31)22-14(2)27-26-28(23(22)17-9-8-16(32-3)13-20(17)34-5)24(30)21(36-26)12-15-7-10-19(33-4)18(29)11-15/h7-13,23,29H,6H2,1-5H3/b21-12-/t23-/m0/s1. The third kappa shape index (κ3) is 4.47. The molecule has 0 aliphatic carbocycles. The number of ether oxygens (including phenoxy) is 4. The molecular formula is C26H26N2O7S. The van der Waals surface area contributed by atoms with Crippen molar-refractivity contribution in [2.75, 3.05) is 27.9 Å². The van der Waals surface area contributed by atoms with Crippen LogP contribution < -0.4 is 29.1 Å². The van der Waals surface area contributed by atoms with Crippen LogP contribution in [0.4, 0.5) is 0 Å². The van der Waals surface area contributed by atoms with E-state index in [1.807, 2.05) is 0 Å². The van der Waals surface area contributed by atoms with Gasteiger partial charge in [0.15, 0.2) is 16.3 Å². The Kier molecular flexibility index (Phi) is 7.16. The summed E-state index contributed by atoms with van der Waals surface area (Å²) in [5.74, 6) is 0.748. The second kappa shape index (κ2) is 10.3. The molecule has 1 atom stereocenters. The van der Waals surface area contributed by atoms with Crippen molar-refractivity contribution in [3.63, 3.8) is 0 Å². The molecule has 1 aliphatic heterocycles. The minimum absolute atomic E-state index is 0.0414. The van der Waals surface area contributed by atoms with Crippen LogP contribution in [0.2, 0.25) is 0 Å². The molecule has 1 aromatic heterocycles. The number of carbonyl (C=O) groups is 1. The van der Waals surface area contributed by atoms with Gasteiger partial charge in [-0.05, 0) is 49.8 Å². The molecule has 2 heterocycles. The molecular weight excluding hydrogens is 484 g/mol. The lowest BCUT2D eigenvalue weighted by Crippen LogP contribution is -2.40. The second-order valence-corrected chi connectivity index (χ2v) is 8.85. The Balaban J connectivity index is 1.97. The highest BCUT2D eigenvalue weighted by molar-refractivity contribution is 7.07. The van der Waals surface area contributed by atoms with E-state index in [0.29, 0.717) is 43.4 Å². The Morgan fingerprint density at radius 1 is 1.11 bits per heavy atom. The predicted molar refractivity (Wildman–Crippen MR) is 135 cm³/mol. The van der Waals surface area contributed by atoms with Crippen LogP contribution in [0.15, 0.2) is 57.5 Å². The summed E-state index contributed by atoms with van der Waals surface area (Å²) in [6.07, 6.45) is 1.66. The minimum Gasteiger partial charge on any atom is -0.504 e. The van der Waals surface area contributed by atoms with E-state index in [1.165, 1.54) is 36.2 Å². The molecule has 0 spiro atoms. The van der Waals surface area contributed by atoms with Gasteiger partial charge in [0.1, 0.15) is 17.5 Å². The normalized spacial score (nSPS) is 15.2. The molecule has 9 nitrogen and oxygen atoms in total. The van der Waals surface area contributed by atoms with Crippen molar-refractivity contribution in [3.05, 3.63) is 78.5 Å². The second-order valence-electron chi connectivity index (χ2n) is 7.84. The number of aromatic nitrogens is 1. The molecule has 0 saturated carbocycles. The van der Waals surface area contributed by atoms with E-state index in [2.05, 4.69) is 4.99 Å². The molecule has 1 N–H and O–H groups in total. The van der Waals surface area contributed by atoms with Gasteiger partial charge in [0.05, 0.1) is 43.7 Å². The summed E-state index contributed by atoms with van der Waals surface area (Å²) in [5, 5.41) is 10.1. The minimum atomic E-state index is -0.826. The first kappa shape index (κ1) is 25.1. The van der Waals surface area contributed by atoms with E-state index in [4.69, 9.17) is 18.9 Å². The Labute approximate surface area is 211 Å². The quantitative estimate of drug-likeness (QED) is 0.487. The molecule has 4 rings (SSSR count). The molecule has 188 valence electrons. The van der Waals surface area contributed by atoms with Gasteiger partial charge in [-0.25, -0.2) is 9.79 Å². The van der Waals surface area contributed by atoms with Crippen molar-refractivity contribution in [2.24, 2.45) is 4.99 Å². The predicted octanol–water partition coefficient (Wildman–Crippen LogP) is 2.53. The molecule has 2 aromatic carbocycles. The molecule has 36 heavy (non-hydrogen) atoms. The van der Waals surface area contributed by atoms with Gasteiger partial charge in [-0.2, -0.15) is 0 Å². The molecule has 0 unspecified atom stereocenters. The number of benzene rings is 2. The van der Waals surface area contributed by atoms with E-state index >= 15 is 0 Å². The summed E-state index contributed by atoms with van der Waals surface area (Å²) in [4.78, 5) is 31.8. The summed E-state index contributed by atoms with van der Waals surface area (Å²) in [7, 11) is 4.52. The molecule has 0 amide bonds. The topological polar surface area (TPSA) is 109 Å². The zero-order chi connectivity index (χ0) is 26.0. The average Bonchev–Trinajstić information content (AvgIpc) is 3.17. The van der Waals surface area contributed by atoms with Crippen LogP contribution in [0.3, 0.4) is 0 Å². The Bertz CT molecular complexity index is 1530. The number of hydrogen-bond acceptors (Lipinski definition) is 9. The van der Waals surface area contributed by atoms with Crippen molar-refractivity contribution >= 4 is 23.4 Å². The highest BCUT2D eigenvalue weighted by Gasteiger charge is 2.35. The number of carbonyl (C=O) groups excluding carboxylic acids is 1. The zero-order valence-electron chi connectivity index (χ0n) is 20.5. The van der Waals surface area contributed by atoms with E-state index < -0.39 is 12.0 Å². The first-order valence-corrected chi connectivity index (χ1v) is 11.9. The van der Waals surface area contributed by atoms with Gasteiger partial charge in [-0.1, -0.05) is 17.4 Å². The summed E-state index contributed by atoms with van der Waals surface area (Å²) in [5.41, 5.74) is 1.56. The van der Waals surface area contributed by atoms with Crippen molar-refractivity contribution in [1.82, 2.24) is 4.57 Å². The molecule has 0 saturated heterocycles. The van der Waals surface area contributed by atoms with Gasteiger partial charge < -0.3 is 24.1 Å². The summed E-state index contributed by atoms with van der Waals surface area (Å²) >= 11 is 1.19. The smallest absolute Gasteiger partial charge is 0.338 e. The maximum Gasteiger partial charge on any atom is 0.338 e. The number of rotatable bonds is 7. The Hall–Kier alpha value is -4.05. The summed E-state index contributed by atoms with van der Waals surface area (Å²) in [6.45, 7) is 3.61. The van der Waals surface area contributed by atoms with E-state index in [1.54, 1.807) is 57.4 Å². The van der Waals surface area contributed by atoms with E-state index in [0.717, 1.165) is 0 Å². The fourth-order valence-corrected chi connectivity index (χ4v) is 5.12. The number of esters is 1. The monoisotopic (exact) mass is 510 g/mol. The van der Waals surface area contributed by atoms with Crippen LogP contribution >= 0.6 is 11.3 Å². The third-order valence-corrected chi connectivity index (χ3v) is 6.74. The number of nitrogens with zero attached hydrogens (tertiary/aromatic N) is 2. The maximum atomic E-state index is 13.7. The molecule has 0 fully saturated rings. The number of fused-ring (bicyclic) bond motifs is 1. The lowest BCUT2D eigenvalue weighted by Gasteiger charge is -2.26. The fraction of sp³-hybridized carbons (Fsp3) is 0.269. The first-order chi connectivity index (χ1) is 17.3. The SMILES string of the molecule is CCOC(=O)C1=C(C)N=c2s/c(=C\c3ccc(OC)c(O)c3)c(=O)n2[C@H]1c1ccc(OC)cc1OC. The van der Waals surface area contributed by atoms with E-state index in [-0.39, 0.29) is 23.5 Å². The molecule has 0 radical (unpaired) electrons. The number of methoxy groups -OCH3 is 3. The lowest BCUT2D eigenvalue weighted by atomic mass is 9.95. The van der Waals surface area contributed by atoms with Crippen molar-refractivity contribution < 1.29 is 28.8 Å². The highest BCUT2D eigenvalue weighted by atomic mass is 32.1. The number of allylic oxidation sites excluding steroid dienone is 1. The Morgan fingerprint density at radius 2 is 1.86 bits per heavy atom. The molecule has 0 bridgehead atoms. The van der Waals surface area contributed by atoms with Crippen LogP contribution in [-0.4, -0.2) is 43.6 Å². The van der Waals surface area contributed by atoms with Gasteiger partial charge in [0, 0.05) is 11.6 Å². The zero-order valence-corrected chi connectivity index (χ0v) is 21.3. The molecule has 3 aromatic rings. The maximum absolute atomic E-state index is 13.7. The number of phenols is 1. The van der Waals surface area contributed by atoms with Crippen molar-refractivity contribution in [3.8, 4) is 23.0 Å².